The van der Waals surface area contributed by atoms with Gasteiger partial charge >= 0.3 is 0 Å². The van der Waals surface area contributed by atoms with Gasteiger partial charge < -0.3 is 9.47 Å². The Labute approximate surface area is 123 Å². The first kappa shape index (κ1) is 12.4. The van der Waals surface area contributed by atoms with E-state index < -0.39 is 0 Å². The first-order valence-corrected chi connectivity index (χ1v) is 7.39. The van der Waals surface area contributed by atoms with E-state index in [4.69, 9.17) is 0 Å². The number of rotatable bonds is 4. The van der Waals surface area contributed by atoms with E-state index in [1.807, 2.05) is 24.5 Å². The Hall–Kier alpha value is -2.37. The van der Waals surface area contributed by atoms with Crippen molar-refractivity contribution in [2.24, 2.45) is 5.92 Å². The van der Waals surface area contributed by atoms with Crippen LogP contribution >= 0.6 is 0 Å². The summed E-state index contributed by atoms with van der Waals surface area (Å²) in [6.45, 7) is 5.31. The number of aryl methyl sites for hydroxylation is 1. The van der Waals surface area contributed by atoms with Crippen LogP contribution in [0.3, 0.4) is 0 Å². The lowest BCUT2D eigenvalue weighted by Gasteiger charge is -2.40. The van der Waals surface area contributed by atoms with Crippen molar-refractivity contribution in [3.05, 3.63) is 42.7 Å². The SMILES string of the molecule is CCc1nccn1CC1CN(c2ccn3nccc3n2)C1. The molecule has 0 unspecified atom stereocenters. The molecule has 0 radical (unpaired) electrons. The Morgan fingerprint density at radius 1 is 1.19 bits per heavy atom. The molecule has 0 aliphatic carbocycles. The summed E-state index contributed by atoms with van der Waals surface area (Å²) in [7, 11) is 0. The van der Waals surface area contributed by atoms with Crippen molar-refractivity contribution in [1.82, 2.24) is 24.1 Å². The predicted octanol–water partition coefficient (Wildman–Crippen LogP) is 1.62. The summed E-state index contributed by atoms with van der Waals surface area (Å²) in [6, 6.07) is 3.96. The molecule has 0 spiro atoms. The molecule has 6 nitrogen and oxygen atoms in total. The summed E-state index contributed by atoms with van der Waals surface area (Å²) < 4.78 is 4.06. The molecule has 0 aromatic carbocycles. The predicted molar refractivity (Wildman–Crippen MR) is 80.3 cm³/mol. The van der Waals surface area contributed by atoms with Crippen LogP contribution in [0.5, 0.6) is 0 Å². The lowest BCUT2D eigenvalue weighted by Crippen LogP contribution is -2.49. The molecule has 6 heteroatoms. The number of fused-ring (bicyclic) bond motifs is 1. The van der Waals surface area contributed by atoms with Crippen molar-refractivity contribution >= 4 is 11.5 Å². The number of anilines is 1. The number of imidazole rings is 1. The highest BCUT2D eigenvalue weighted by Crippen LogP contribution is 2.24. The molecule has 1 fully saturated rings. The minimum Gasteiger partial charge on any atom is -0.356 e. The molecule has 0 atom stereocenters. The van der Waals surface area contributed by atoms with Crippen LogP contribution in [0.1, 0.15) is 12.7 Å². The standard InChI is InChI=1S/C15H18N6/c1-2-13-16-6-8-19(13)9-12-10-20(11-12)14-4-7-21-15(18-14)3-5-17-21/h3-8,12H,2,9-11H2,1H3. The third-order valence-electron chi connectivity index (χ3n) is 4.10. The summed E-state index contributed by atoms with van der Waals surface area (Å²) in [4.78, 5) is 11.3. The molecule has 3 aromatic rings. The van der Waals surface area contributed by atoms with E-state index in [1.165, 1.54) is 5.82 Å². The molecular weight excluding hydrogens is 264 g/mol. The number of aromatic nitrogens is 5. The third kappa shape index (κ3) is 2.16. The first-order chi connectivity index (χ1) is 10.3. The second kappa shape index (κ2) is 4.87. The zero-order valence-corrected chi connectivity index (χ0v) is 12.1. The van der Waals surface area contributed by atoms with E-state index in [9.17, 15) is 0 Å². The van der Waals surface area contributed by atoms with Crippen molar-refractivity contribution in [2.45, 2.75) is 19.9 Å². The molecule has 21 heavy (non-hydrogen) atoms. The van der Waals surface area contributed by atoms with Gasteiger partial charge in [0, 0.05) is 56.6 Å². The maximum Gasteiger partial charge on any atom is 0.157 e. The maximum atomic E-state index is 4.63. The van der Waals surface area contributed by atoms with Crippen molar-refractivity contribution in [1.29, 1.82) is 0 Å². The molecular formula is C15H18N6. The minimum absolute atomic E-state index is 0.674. The second-order valence-electron chi connectivity index (χ2n) is 5.54. The molecule has 0 amide bonds. The third-order valence-corrected chi connectivity index (χ3v) is 4.10. The van der Waals surface area contributed by atoms with Gasteiger partial charge in [-0.2, -0.15) is 5.10 Å². The molecule has 1 aliphatic rings. The van der Waals surface area contributed by atoms with Gasteiger partial charge in [0.1, 0.15) is 11.6 Å². The summed E-state index contributed by atoms with van der Waals surface area (Å²) >= 11 is 0. The average Bonchev–Trinajstić information content (AvgIpc) is 3.09. The summed E-state index contributed by atoms with van der Waals surface area (Å²) in [5.41, 5.74) is 0.902. The highest BCUT2D eigenvalue weighted by molar-refractivity contribution is 5.48. The fourth-order valence-electron chi connectivity index (χ4n) is 2.95. The Morgan fingerprint density at radius 3 is 2.95 bits per heavy atom. The van der Waals surface area contributed by atoms with E-state index in [2.05, 4.69) is 37.7 Å². The second-order valence-corrected chi connectivity index (χ2v) is 5.54. The number of nitrogens with zero attached hydrogens (tertiary/aromatic N) is 6. The summed E-state index contributed by atoms with van der Waals surface area (Å²) in [5, 5.41) is 4.17. The molecule has 1 saturated heterocycles. The van der Waals surface area contributed by atoms with E-state index in [0.29, 0.717) is 5.92 Å². The fraction of sp³-hybridized carbons (Fsp3) is 0.400. The van der Waals surface area contributed by atoms with Gasteiger partial charge in [-0.3, -0.25) is 0 Å². The summed E-state index contributed by atoms with van der Waals surface area (Å²) in [6.07, 6.45) is 8.71. The zero-order chi connectivity index (χ0) is 14.2. The Balaban J connectivity index is 1.42. The molecule has 0 saturated carbocycles. The Bertz CT molecular complexity index is 752. The van der Waals surface area contributed by atoms with Gasteiger partial charge in [-0.1, -0.05) is 6.92 Å². The maximum absolute atomic E-state index is 4.63. The molecule has 0 bridgehead atoms. The molecule has 1 aliphatic heterocycles. The van der Waals surface area contributed by atoms with Crippen LogP contribution in [0, 0.1) is 5.92 Å². The Morgan fingerprint density at radius 2 is 2.10 bits per heavy atom. The zero-order valence-electron chi connectivity index (χ0n) is 12.1. The van der Waals surface area contributed by atoms with Crippen LogP contribution in [0.2, 0.25) is 0 Å². The van der Waals surface area contributed by atoms with Crippen molar-refractivity contribution < 1.29 is 0 Å². The van der Waals surface area contributed by atoms with E-state index in [-0.39, 0.29) is 0 Å². The topological polar surface area (TPSA) is 51.2 Å². The van der Waals surface area contributed by atoms with E-state index in [0.717, 1.165) is 37.5 Å². The minimum atomic E-state index is 0.674. The van der Waals surface area contributed by atoms with Gasteiger partial charge in [0.15, 0.2) is 5.65 Å². The lowest BCUT2D eigenvalue weighted by molar-refractivity contribution is 0.351. The van der Waals surface area contributed by atoms with Gasteiger partial charge in [-0.15, -0.1) is 0 Å². The largest absolute Gasteiger partial charge is 0.356 e. The number of hydrogen-bond acceptors (Lipinski definition) is 4. The van der Waals surface area contributed by atoms with Gasteiger partial charge in [0.05, 0.1) is 6.20 Å². The van der Waals surface area contributed by atoms with Crippen LogP contribution in [0.15, 0.2) is 36.9 Å². The van der Waals surface area contributed by atoms with Crippen molar-refractivity contribution in [3.8, 4) is 0 Å². The highest BCUT2D eigenvalue weighted by atomic mass is 15.3. The number of hydrogen-bond donors (Lipinski definition) is 0. The van der Waals surface area contributed by atoms with Crippen LogP contribution in [0.25, 0.3) is 5.65 Å². The first-order valence-electron chi connectivity index (χ1n) is 7.39. The highest BCUT2D eigenvalue weighted by Gasteiger charge is 2.28. The van der Waals surface area contributed by atoms with Gasteiger partial charge in [-0.25, -0.2) is 14.5 Å². The van der Waals surface area contributed by atoms with Gasteiger partial charge in [0.25, 0.3) is 0 Å². The van der Waals surface area contributed by atoms with Crippen molar-refractivity contribution in [2.75, 3.05) is 18.0 Å². The molecule has 4 heterocycles. The van der Waals surface area contributed by atoms with Crippen LogP contribution in [-0.2, 0) is 13.0 Å². The molecule has 4 rings (SSSR count). The van der Waals surface area contributed by atoms with E-state index >= 15 is 0 Å². The van der Waals surface area contributed by atoms with Gasteiger partial charge in [0.2, 0.25) is 0 Å². The Kier molecular flexibility index (Phi) is 2.87. The normalized spacial score (nSPS) is 15.6. The van der Waals surface area contributed by atoms with Crippen LogP contribution < -0.4 is 4.90 Å². The monoisotopic (exact) mass is 282 g/mol. The molecule has 108 valence electrons. The fourth-order valence-corrected chi connectivity index (χ4v) is 2.95. The van der Waals surface area contributed by atoms with Gasteiger partial charge in [-0.05, 0) is 6.07 Å². The smallest absolute Gasteiger partial charge is 0.157 e. The van der Waals surface area contributed by atoms with Crippen LogP contribution in [0.4, 0.5) is 5.82 Å². The summed E-state index contributed by atoms with van der Waals surface area (Å²) in [5.74, 6) is 2.89. The average molecular weight is 282 g/mol. The molecule has 0 N–H and O–H groups in total. The van der Waals surface area contributed by atoms with Crippen LogP contribution in [-0.4, -0.2) is 37.2 Å². The molecule has 3 aromatic heterocycles. The van der Waals surface area contributed by atoms with Crippen molar-refractivity contribution in [3.63, 3.8) is 0 Å². The quantitative estimate of drug-likeness (QED) is 0.730. The lowest BCUT2D eigenvalue weighted by atomic mass is 10.00. The van der Waals surface area contributed by atoms with E-state index in [1.54, 1.807) is 10.7 Å².